The molecule has 0 bridgehead atoms. The molecule has 29 heavy (non-hydrogen) atoms. The van der Waals surface area contributed by atoms with Gasteiger partial charge in [0.25, 0.3) is 0 Å². The van der Waals surface area contributed by atoms with Crippen molar-refractivity contribution in [1.82, 2.24) is 29.8 Å². The van der Waals surface area contributed by atoms with E-state index in [9.17, 15) is 13.2 Å². The molecule has 1 aliphatic heterocycles. The van der Waals surface area contributed by atoms with Crippen LogP contribution in [0.3, 0.4) is 0 Å². The first kappa shape index (κ1) is 19.1. The maximum absolute atomic E-state index is 12.6. The number of aromatic nitrogens is 6. The van der Waals surface area contributed by atoms with E-state index in [1.165, 1.54) is 31.4 Å². The number of alkyl halides is 3. The van der Waals surface area contributed by atoms with Crippen molar-refractivity contribution in [1.29, 1.82) is 0 Å². The van der Waals surface area contributed by atoms with Gasteiger partial charge in [-0.15, -0.1) is 28.0 Å². The zero-order valence-corrected chi connectivity index (χ0v) is 15.4. The van der Waals surface area contributed by atoms with Crippen molar-refractivity contribution in [3.05, 3.63) is 18.6 Å². The Hall–Kier alpha value is -3.22. The Morgan fingerprint density at radius 3 is 2.72 bits per heavy atom. The number of halogens is 3. The van der Waals surface area contributed by atoms with E-state index in [1.54, 1.807) is 11.0 Å². The zero-order chi connectivity index (χ0) is 20.6. The fourth-order valence-electron chi connectivity index (χ4n) is 3.18. The lowest BCUT2D eigenvalue weighted by Gasteiger charge is -2.20. The van der Waals surface area contributed by atoms with E-state index in [0.717, 1.165) is 0 Å². The van der Waals surface area contributed by atoms with Crippen LogP contribution < -0.4 is 14.4 Å². The van der Waals surface area contributed by atoms with Gasteiger partial charge in [0, 0.05) is 19.3 Å². The van der Waals surface area contributed by atoms with Crippen molar-refractivity contribution in [3.63, 3.8) is 0 Å². The van der Waals surface area contributed by atoms with Crippen molar-refractivity contribution in [2.24, 2.45) is 0 Å². The molecule has 10 nitrogen and oxygen atoms in total. The van der Waals surface area contributed by atoms with Crippen LogP contribution in [0.1, 0.15) is 6.42 Å². The first-order chi connectivity index (χ1) is 13.9. The molecule has 0 aliphatic carbocycles. The van der Waals surface area contributed by atoms with E-state index >= 15 is 0 Å². The second kappa shape index (κ2) is 7.31. The van der Waals surface area contributed by atoms with Crippen molar-refractivity contribution in [2.45, 2.75) is 18.9 Å². The first-order valence-electron chi connectivity index (χ1n) is 8.54. The summed E-state index contributed by atoms with van der Waals surface area (Å²) < 4.78 is 53.4. The molecule has 3 aromatic rings. The average Bonchev–Trinajstić information content (AvgIpc) is 3.34. The Morgan fingerprint density at radius 1 is 1.17 bits per heavy atom. The summed E-state index contributed by atoms with van der Waals surface area (Å²) in [6, 6.07) is 1.81. The number of hydrogen-bond acceptors (Lipinski definition) is 9. The van der Waals surface area contributed by atoms with Crippen LogP contribution in [0.15, 0.2) is 18.6 Å². The molecule has 154 valence electrons. The van der Waals surface area contributed by atoms with Gasteiger partial charge in [-0.1, -0.05) is 0 Å². The molecule has 13 heteroatoms. The molecule has 1 aliphatic rings. The van der Waals surface area contributed by atoms with E-state index in [-0.39, 0.29) is 24.9 Å². The Kier molecular flexibility index (Phi) is 4.82. The molecule has 4 rings (SSSR count). The van der Waals surface area contributed by atoms with Gasteiger partial charge in [-0.25, -0.2) is 9.97 Å². The summed E-state index contributed by atoms with van der Waals surface area (Å²) in [6.07, 6.45) is -2.61. The molecule has 1 saturated heterocycles. The van der Waals surface area contributed by atoms with Gasteiger partial charge >= 0.3 is 12.4 Å². The van der Waals surface area contributed by atoms with E-state index in [1.807, 2.05) is 0 Å². The molecule has 0 aromatic carbocycles. The molecule has 1 atom stereocenters. The summed E-state index contributed by atoms with van der Waals surface area (Å²) in [5, 5.41) is 8.44. The van der Waals surface area contributed by atoms with Gasteiger partial charge in [0.15, 0.2) is 5.65 Å². The summed E-state index contributed by atoms with van der Waals surface area (Å²) in [5.74, 6) is 0.231. The maximum Gasteiger partial charge on any atom is 0.522 e. The largest absolute Gasteiger partial charge is 0.522 e. The predicted octanol–water partition coefficient (Wildman–Crippen LogP) is 1.71. The number of fused-ring (bicyclic) bond motifs is 1. The SMILES string of the molecule is COc1ncc(-c2cc(N3CCC(OC(F)(F)F)C3)c3ncnn3n2)c(OC)n1. The molecule has 1 unspecified atom stereocenters. The molecule has 0 N–H and O–H groups in total. The lowest BCUT2D eigenvalue weighted by molar-refractivity contribution is -0.339. The van der Waals surface area contributed by atoms with Gasteiger partial charge in [0.1, 0.15) is 12.0 Å². The highest BCUT2D eigenvalue weighted by Crippen LogP contribution is 2.33. The van der Waals surface area contributed by atoms with Crippen LogP contribution in [0.2, 0.25) is 0 Å². The van der Waals surface area contributed by atoms with Crippen LogP contribution in [0, 0.1) is 0 Å². The molecule has 0 spiro atoms. The highest BCUT2D eigenvalue weighted by atomic mass is 19.4. The van der Waals surface area contributed by atoms with Crippen LogP contribution in [0.25, 0.3) is 16.9 Å². The predicted molar refractivity (Wildman–Crippen MR) is 92.7 cm³/mol. The van der Waals surface area contributed by atoms with Crippen LogP contribution in [-0.2, 0) is 4.74 Å². The standard InChI is InChI=1S/C16H16F3N7O3/c1-27-14-10(6-20-15(23-14)28-2)11-5-12(13-21-8-22-26(13)24-11)25-4-3-9(7-25)29-16(17,18)19/h5-6,8-9H,3-4,7H2,1-2H3. The molecule has 0 radical (unpaired) electrons. The number of ether oxygens (including phenoxy) is 3. The lowest BCUT2D eigenvalue weighted by Crippen LogP contribution is -2.28. The van der Waals surface area contributed by atoms with Crippen LogP contribution >= 0.6 is 0 Å². The quantitative estimate of drug-likeness (QED) is 0.621. The summed E-state index contributed by atoms with van der Waals surface area (Å²) in [5.41, 5.74) is 1.86. The monoisotopic (exact) mass is 411 g/mol. The summed E-state index contributed by atoms with van der Waals surface area (Å²) in [7, 11) is 2.87. The Bertz CT molecular complexity index is 1030. The third-order valence-corrected chi connectivity index (χ3v) is 4.41. The smallest absolute Gasteiger partial charge is 0.480 e. The minimum absolute atomic E-state index is 0.0573. The second-order valence-electron chi connectivity index (χ2n) is 6.19. The van der Waals surface area contributed by atoms with Gasteiger partial charge in [-0.2, -0.15) is 4.98 Å². The first-order valence-corrected chi connectivity index (χ1v) is 8.54. The summed E-state index contributed by atoms with van der Waals surface area (Å²) in [4.78, 5) is 14.1. The van der Waals surface area contributed by atoms with Crippen LogP contribution in [0.4, 0.5) is 18.9 Å². The van der Waals surface area contributed by atoms with Gasteiger partial charge in [0.05, 0.1) is 31.6 Å². The number of rotatable bonds is 5. The van der Waals surface area contributed by atoms with Crippen molar-refractivity contribution in [3.8, 4) is 23.1 Å². The van der Waals surface area contributed by atoms with Gasteiger partial charge < -0.3 is 14.4 Å². The number of methoxy groups -OCH3 is 2. The summed E-state index contributed by atoms with van der Waals surface area (Å²) in [6.45, 7) is 0.421. The highest BCUT2D eigenvalue weighted by molar-refractivity contribution is 5.76. The van der Waals surface area contributed by atoms with E-state index < -0.39 is 12.5 Å². The molecule has 3 aromatic heterocycles. The van der Waals surface area contributed by atoms with E-state index in [0.29, 0.717) is 29.1 Å². The average molecular weight is 411 g/mol. The zero-order valence-electron chi connectivity index (χ0n) is 15.4. The summed E-state index contributed by atoms with van der Waals surface area (Å²) >= 11 is 0. The number of nitrogens with zero attached hydrogens (tertiary/aromatic N) is 7. The number of anilines is 1. The molecule has 4 heterocycles. The lowest BCUT2D eigenvalue weighted by atomic mass is 10.2. The van der Waals surface area contributed by atoms with E-state index in [2.05, 4.69) is 29.9 Å². The molecular weight excluding hydrogens is 395 g/mol. The highest BCUT2D eigenvalue weighted by Gasteiger charge is 2.37. The fraction of sp³-hybridized carbons (Fsp3) is 0.438. The fourth-order valence-corrected chi connectivity index (χ4v) is 3.18. The van der Waals surface area contributed by atoms with Gasteiger partial charge in [-0.3, -0.25) is 4.74 Å². The minimum atomic E-state index is -4.68. The molecular formula is C16H16F3N7O3. The van der Waals surface area contributed by atoms with Crippen molar-refractivity contribution in [2.75, 3.05) is 32.2 Å². The van der Waals surface area contributed by atoms with Crippen LogP contribution in [-0.4, -0.2) is 69.6 Å². The minimum Gasteiger partial charge on any atom is -0.480 e. The third-order valence-electron chi connectivity index (χ3n) is 4.41. The topological polar surface area (TPSA) is 99.8 Å². The van der Waals surface area contributed by atoms with Gasteiger partial charge in [-0.05, 0) is 12.5 Å². The Balaban J connectivity index is 1.73. The number of hydrogen-bond donors (Lipinski definition) is 0. The third kappa shape index (κ3) is 3.85. The van der Waals surface area contributed by atoms with Gasteiger partial charge in [0.2, 0.25) is 5.88 Å². The Labute approximate surface area is 162 Å². The van der Waals surface area contributed by atoms with E-state index in [4.69, 9.17) is 9.47 Å². The van der Waals surface area contributed by atoms with Crippen LogP contribution in [0.5, 0.6) is 11.9 Å². The van der Waals surface area contributed by atoms with Crippen molar-refractivity contribution >= 4 is 11.3 Å². The molecule has 0 saturated carbocycles. The van der Waals surface area contributed by atoms with Crippen molar-refractivity contribution < 1.29 is 27.4 Å². The normalized spacial score (nSPS) is 17.1. The maximum atomic E-state index is 12.6. The second-order valence-corrected chi connectivity index (χ2v) is 6.19. The molecule has 1 fully saturated rings. The molecule has 0 amide bonds. The Morgan fingerprint density at radius 2 is 2.00 bits per heavy atom.